The van der Waals surface area contributed by atoms with Gasteiger partial charge in [-0.2, -0.15) is 0 Å². The van der Waals surface area contributed by atoms with E-state index in [0.29, 0.717) is 30.0 Å². The van der Waals surface area contributed by atoms with E-state index in [4.69, 9.17) is 0 Å². The van der Waals surface area contributed by atoms with E-state index >= 15 is 0 Å². The van der Waals surface area contributed by atoms with E-state index in [9.17, 15) is 8.42 Å². The van der Waals surface area contributed by atoms with Gasteiger partial charge in [0.15, 0.2) is 15.8 Å². The van der Waals surface area contributed by atoms with E-state index in [1.54, 1.807) is 0 Å². The minimum atomic E-state index is -2.78. The van der Waals surface area contributed by atoms with E-state index in [-0.39, 0.29) is 24.0 Å². The van der Waals surface area contributed by atoms with Gasteiger partial charge in [-0.15, -0.1) is 24.0 Å². The Balaban J connectivity index is 0.00000225. The number of nitrogens with zero attached hydrogens (tertiary/aromatic N) is 3. The van der Waals surface area contributed by atoms with Crippen LogP contribution in [0.5, 0.6) is 0 Å². The molecule has 6 nitrogen and oxygen atoms in total. The van der Waals surface area contributed by atoms with Gasteiger partial charge in [0, 0.05) is 46.3 Å². The van der Waals surface area contributed by atoms with Crippen LogP contribution in [0.3, 0.4) is 0 Å². The lowest BCUT2D eigenvalue weighted by molar-refractivity contribution is 0.203. The molecule has 25 heavy (non-hydrogen) atoms. The molecule has 1 N–H and O–H groups in total. The second kappa shape index (κ2) is 9.21. The fourth-order valence-electron chi connectivity index (χ4n) is 4.46. The molecule has 1 saturated carbocycles. The Bertz CT molecular complexity index is 547. The van der Waals surface area contributed by atoms with Crippen LogP contribution >= 0.6 is 24.0 Å². The number of hydrogen-bond donors (Lipinski definition) is 1. The standard InChI is InChI=1S/C17H32N4O2S.HI/c1-18-16(19-8-10-20-11-13-24(22,23)14-12-20)21-9-7-17(15-21)5-3-2-4-6-17;/h2-15H2,1H3,(H,18,19);1H. The largest absolute Gasteiger partial charge is 0.355 e. The van der Waals surface area contributed by atoms with Crippen molar-refractivity contribution in [3.8, 4) is 0 Å². The van der Waals surface area contributed by atoms with Gasteiger partial charge in [-0.05, 0) is 24.7 Å². The lowest BCUT2D eigenvalue weighted by atomic mass is 9.73. The van der Waals surface area contributed by atoms with Crippen LogP contribution in [0.1, 0.15) is 38.5 Å². The molecule has 0 radical (unpaired) electrons. The van der Waals surface area contributed by atoms with Crippen molar-refractivity contribution in [1.82, 2.24) is 15.1 Å². The molecule has 0 aromatic carbocycles. The Kier molecular flexibility index (Phi) is 7.82. The second-order valence-corrected chi connectivity index (χ2v) is 10.0. The molecule has 1 aliphatic carbocycles. The first-order valence-corrected chi connectivity index (χ1v) is 11.2. The zero-order valence-corrected chi connectivity index (χ0v) is 18.5. The molecule has 0 aromatic heterocycles. The van der Waals surface area contributed by atoms with Gasteiger partial charge in [0.05, 0.1) is 11.5 Å². The smallest absolute Gasteiger partial charge is 0.193 e. The fourth-order valence-corrected chi connectivity index (χ4v) is 5.73. The molecular formula is C17H33IN4O2S. The molecule has 2 aliphatic heterocycles. The maximum absolute atomic E-state index is 11.5. The average Bonchev–Trinajstić information content (AvgIpc) is 2.97. The van der Waals surface area contributed by atoms with E-state index in [1.807, 2.05) is 7.05 Å². The molecule has 2 heterocycles. The third-order valence-electron chi connectivity index (χ3n) is 6.01. The number of nitrogens with one attached hydrogen (secondary N) is 1. The minimum absolute atomic E-state index is 0. The van der Waals surface area contributed by atoms with Crippen molar-refractivity contribution in [1.29, 1.82) is 0 Å². The first-order chi connectivity index (χ1) is 11.5. The summed E-state index contributed by atoms with van der Waals surface area (Å²) >= 11 is 0. The van der Waals surface area contributed by atoms with Crippen LogP contribution in [0.2, 0.25) is 0 Å². The molecule has 8 heteroatoms. The lowest BCUT2D eigenvalue weighted by Gasteiger charge is -2.34. The number of hydrogen-bond acceptors (Lipinski definition) is 4. The molecule has 2 saturated heterocycles. The first kappa shape index (κ1) is 21.2. The Morgan fingerprint density at radius 3 is 2.40 bits per heavy atom. The fraction of sp³-hybridized carbons (Fsp3) is 0.941. The van der Waals surface area contributed by atoms with Crippen molar-refractivity contribution >= 4 is 39.8 Å². The summed E-state index contributed by atoms with van der Waals surface area (Å²) in [6.07, 6.45) is 8.24. The molecule has 146 valence electrons. The number of likely N-dealkylation sites (tertiary alicyclic amines) is 1. The zero-order chi connectivity index (χ0) is 17.0. The molecule has 0 amide bonds. The van der Waals surface area contributed by atoms with Gasteiger partial charge in [-0.3, -0.25) is 9.89 Å². The van der Waals surface area contributed by atoms with Crippen LogP contribution in [0.4, 0.5) is 0 Å². The summed E-state index contributed by atoms with van der Waals surface area (Å²) in [4.78, 5) is 9.12. The highest BCUT2D eigenvalue weighted by atomic mass is 127. The quantitative estimate of drug-likeness (QED) is 0.375. The van der Waals surface area contributed by atoms with Crippen molar-refractivity contribution in [3.63, 3.8) is 0 Å². The summed E-state index contributed by atoms with van der Waals surface area (Å²) in [5.41, 5.74) is 0.539. The zero-order valence-electron chi connectivity index (χ0n) is 15.4. The van der Waals surface area contributed by atoms with Crippen molar-refractivity contribution in [2.45, 2.75) is 38.5 Å². The summed E-state index contributed by atoms with van der Waals surface area (Å²) in [6.45, 7) is 5.30. The molecule has 1 spiro atoms. The number of halogens is 1. The van der Waals surface area contributed by atoms with Crippen LogP contribution in [-0.4, -0.2) is 82.0 Å². The molecule has 0 atom stereocenters. The Morgan fingerprint density at radius 1 is 1.08 bits per heavy atom. The summed E-state index contributed by atoms with van der Waals surface area (Å²) in [5.74, 6) is 1.62. The summed E-state index contributed by atoms with van der Waals surface area (Å²) < 4.78 is 23.0. The Morgan fingerprint density at radius 2 is 1.76 bits per heavy atom. The Labute approximate surface area is 169 Å². The van der Waals surface area contributed by atoms with Crippen molar-refractivity contribution in [2.24, 2.45) is 10.4 Å². The van der Waals surface area contributed by atoms with Gasteiger partial charge < -0.3 is 10.2 Å². The van der Waals surface area contributed by atoms with Crippen LogP contribution < -0.4 is 5.32 Å². The molecular weight excluding hydrogens is 451 g/mol. The predicted molar refractivity (Wildman–Crippen MR) is 114 cm³/mol. The second-order valence-electron chi connectivity index (χ2n) is 7.70. The normalized spacial score (nSPS) is 26.4. The minimum Gasteiger partial charge on any atom is -0.355 e. The monoisotopic (exact) mass is 484 g/mol. The highest BCUT2D eigenvalue weighted by molar-refractivity contribution is 14.0. The average molecular weight is 484 g/mol. The highest BCUT2D eigenvalue weighted by Gasteiger charge is 2.39. The Hall–Kier alpha value is -0.0900. The van der Waals surface area contributed by atoms with Gasteiger partial charge in [0.25, 0.3) is 0 Å². The molecule has 3 rings (SSSR count). The number of sulfone groups is 1. The molecule has 0 unspecified atom stereocenters. The molecule has 0 aromatic rings. The summed E-state index contributed by atoms with van der Waals surface area (Å²) in [5, 5.41) is 3.49. The third-order valence-corrected chi connectivity index (χ3v) is 7.62. The first-order valence-electron chi connectivity index (χ1n) is 9.40. The maximum Gasteiger partial charge on any atom is 0.193 e. The van der Waals surface area contributed by atoms with E-state index < -0.39 is 9.84 Å². The van der Waals surface area contributed by atoms with E-state index in [0.717, 1.165) is 32.1 Å². The lowest BCUT2D eigenvalue weighted by Crippen LogP contribution is -2.47. The maximum atomic E-state index is 11.5. The van der Waals surface area contributed by atoms with Gasteiger partial charge in [-0.1, -0.05) is 19.3 Å². The van der Waals surface area contributed by atoms with Gasteiger partial charge in [-0.25, -0.2) is 8.42 Å². The summed E-state index contributed by atoms with van der Waals surface area (Å²) in [7, 11) is -0.922. The van der Waals surface area contributed by atoms with Crippen LogP contribution in [0.15, 0.2) is 4.99 Å². The topological polar surface area (TPSA) is 65.0 Å². The summed E-state index contributed by atoms with van der Waals surface area (Å²) in [6, 6.07) is 0. The SMILES string of the molecule is CN=C(NCCN1CCS(=O)(=O)CC1)N1CCC2(CCCCC2)C1.I. The van der Waals surface area contributed by atoms with Gasteiger partial charge in [0.2, 0.25) is 0 Å². The number of aliphatic imine (C=N–C) groups is 1. The van der Waals surface area contributed by atoms with Crippen LogP contribution in [-0.2, 0) is 9.84 Å². The molecule has 0 bridgehead atoms. The molecule has 3 fully saturated rings. The predicted octanol–water partition coefficient (Wildman–Crippen LogP) is 1.57. The molecule has 3 aliphatic rings. The van der Waals surface area contributed by atoms with Crippen molar-refractivity contribution < 1.29 is 8.42 Å². The number of guanidine groups is 1. The van der Waals surface area contributed by atoms with E-state index in [1.165, 1.54) is 38.5 Å². The van der Waals surface area contributed by atoms with Gasteiger partial charge >= 0.3 is 0 Å². The van der Waals surface area contributed by atoms with Crippen molar-refractivity contribution in [2.75, 3.05) is 57.8 Å². The van der Waals surface area contributed by atoms with Crippen LogP contribution in [0.25, 0.3) is 0 Å². The van der Waals surface area contributed by atoms with Crippen molar-refractivity contribution in [3.05, 3.63) is 0 Å². The van der Waals surface area contributed by atoms with Gasteiger partial charge in [0.1, 0.15) is 0 Å². The highest BCUT2D eigenvalue weighted by Crippen LogP contribution is 2.43. The third kappa shape index (κ3) is 5.69. The number of rotatable bonds is 3. The van der Waals surface area contributed by atoms with E-state index in [2.05, 4.69) is 20.1 Å². The van der Waals surface area contributed by atoms with Crippen LogP contribution in [0, 0.1) is 5.41 Å².